The molecule has 0 spiro atoms. The Morgan fingerprint density at radius 2 is 1.83 bits per heavy atom. The number of amides is 1. The second-order valence-electron chi connectivity index (χ2n) is 6.09. The van der Waals surface area contributed by atoms with Gasteiger partial charge in [-0.2, -0.15) is 0 Å². The molecule has 1 aliphatic rings. The molecule has 1 saturated heterocycles. The molecule has 2 heterocycles. The van der Waals surface area contributed by atoms with Crippen molar-refractivity contribution in [3.63, 3.8) is 0 Å². The number of pyridine rings is 1. The Labute approximate surface area is 141 Å². The van der Waals surface area contributed by atoms with Crippen molar-refractivity contribution in [2.45, 2.75) is 32.2 Å². The number of hydrogen-bond acceptors (Lipinski definition) is 3. The van der Waals surface area contributed by atoms with Gasteiger partial charge >= 0.3 is 0 Å². The van der Waals surface area contributed by atoms with Gasteiger partial charge in [-0.1, -0.05) is 31.0 Å². The third kappa shape index (κ3) is 4.10. The van der Waals surface area contributed by atoms with Gasteiger partial charge in [-0.15, -0.1) is 0 Å². The van der Waals surface area contributed by atoms with Crippen molar-refractivity contribution in [3.8, 4) is 0 Å². The van der Waals surface area contributed by atoms with Crippen LogP contribution in [0.25, 0.3) is 0 Å². The highest BCUT2D eigenvalue weighted by Gasteiger charge is 2.12. The number of anilines is 1. The van der Waals surface area contributed by atoms with Crippen LogP contribution in [0.5, 0.6) is 0 Å². The van der Waals surface area contributed by atoms with Gasteiger partial charge < -0.3 is 10.2 Å². The van der Waals surface area contributed by atoms with Gasteiger partial charge in [0.25, 0.3) is 5.91 Å². The SMILES string of the molecule is O=C(NCc1ccc(N2CCCCCC2)nc1)c1ccccc1F. The van der Waals surface area contributed by atoms with E-state index in [1.54, 1.807) is 18.3 Å². The number of rotatable bonds is 4. The van der Waals surface area contributed by atoms with Crippen molar-refractivity contribution in [2.24, 2.45) is 0 Å². The second kappa shape index (κ2) is 7.90. The molecule has 1 aromatic heterocycles. The van der Waals surface area contributed by atoms with Gasteiger partial charge in [0.2, 0.25) is 0 Å². The number of benzene rings is 1. The molecule has 0 unspecified atom stereocenters. The van der Waals surface area contributed by atoms with Crippen LogP contribution in [0.3, 0.4) is 0 Å². The summed E-state index contributed by atoms with van der Waals surface area (Å²) >= 11 is 0. The Hall–Kier alpha value is -2.43. The Morgan fingerprint density at radius 3 is 2.50 bits per heavy atom. The fourth-order valence-electron chi connectivity index (χ4n) is 2.93. The Bertz CT molecular complexity index is 679. The first-order valence-electron chi connectivity index (χ1n) is 8.46. The van der Waals surface area contributed by atoms with Crippen molar-refractivity contribution in [3.05, 3.63) is 59.5 Å². The van der Waals surface area contributed by atoms with Gasteiger partial charge in [0.05, 0.1) is 5.56 Å². The maximum Gasteiger partial charge on any atom is 0.254 e. The molecule has 0 bridgehead atoms. The van der Waals surface area contributed by atoms with Crippen LogP contribution in [-0.2, 0) is 6.54 Å². The smallest absolute Gasteiger partial charge is 0.254 e. The van der Waals surface area contributed by atoms with E-state index < -0.39 is 11.7 Å². The molecule has 0 radical (unpaired) electrons. The van der Waals surface area contributed by atoms with Crippen LogP contribution in [0.1, 0.15) is 41.6 Å². The molecule has 1 amide bonds. The summed E-state index contributed by atoms with van der Waals surface area (Å²) < 4.78 is 13.6. The standard InChI is InChI=1S/C19H22FN3O/c20-17-8-4-3-7-16(17)19(24)22-14-15-9-10-18(21-13-15)23-11-5-1-2-6-12-23/h3-4,7-10,13H,1-2,5-6,11-12,14H2,(H,22,24). The van der Waals surface area contributed by atoms with Crippen molar-refractivity contribution < 1.29 is 9.18 Å². The van der Waals surface area contributed by atoms with Crippen LogP contribution in [0.2, 0.25) is 0 Å². The second-order valence-corrected chi connectivity index (χ2v) is 6.09. The molecule has 1 fully saturated rings. The topological polar surface area (TPSA) is 45.2 Å². The van der Waals surface area contributed by atoms with Gasteiger partial charge in [0, 0.05) is 25.8 Å². The van der Waals surface area contributed by atoms with Crippen LogP contribution < -0.4 is 10.2 Å². The zero-order valence-corrected chi connectivity index (χ0v) is 13.7. The van der Waals surface area contributed by atoms with E-state index in [2.05, 4.69) is 15.2 Å². The minimum atomic E-state index is -0.510. The predicted octanol–water partition coefficient (Wildman–Crippen LogP) is 3.53. The number of aromatic nitrogens is 1. The average molecular weight is 327 g/mol. The van der Waals surface area contributed by atoms with E-state index in [9.17, 15) is 9.18 Å². The zero-order valence-electron chi connectivity index (χ0n) is 13.7. The molecule has 5 heteroatoms. The Balaban J connectivity index is 1.58. The summed E-state index contributed by atoms with van der Waals surface area (Å²) in [5.41, 5.74) is 0.963. The van der Waals surface area contributed by atoms with Crippen molar-refractivity contribution in [1.82, 2.24) is 10.3 Å². The number of nitrogens with one attached hydrogen (secondary N) is 1. The zero-order chi connectivity index (χ0) is 16.8. The molecular formula is C19H22FN3O. The largest absolute Gasteiger partial charge is 0.357 e. The number of nitrogens with zero attached hydrogens (tertiary/aromatic N) is 2. The highest BCUT2D eigenvalue weighted by Crippen LogP contribution is 2.17. The molecular weight excluding hydrogens is 305 g/mol. The van der Waals surface area contributed by atoms with E-state index in [0.29, 0.717) is 6.54 Å². The summed E-state index contributed by atoms with van der Waals surface area (Å²) in [5, 5.41) is 2.73. The minimum absolute atomic E-state index is 0.0617. The maximum absolute atomic E-state index is 13.6. The highest BCUT2D eigenvalue weighted by molar-refractivity contribution is 5.94. The highest BCUT2D eigenvalue weighted by atomic mass is 19.1. The lowest BCUT2D eigenvalue weighted by Crippen LogP contribution is -2.25. The third-order valence-corrected chi connectivity index (χ3v) is 4.31. The summed E-state index contributed by atoms with van der Waals surface area (Å²) in [7, 11) is 0. The maximum atomic E-state index is 13.6. The summed E-state index contributed by atoms with van der Waals surface area (Å²) in [6.45, 7) is 2.44. The van der Waals surface area contributed by atoms with E-state index in [-0.39, 0.29) is 5.56 Å². The van der Waals surface area contributed by atoms with Gasteiger partial charge in [-0.05, 0) is 36.6 Å². The lowest BCUT2D eigenvalue weighted by molar-refractivity contribution is 0.0947. The van der Waals surface area contributed by atoms with E-state index in [1.165, 1.54) is 37.8 Å². The van der Waals surface area contributed by atoms with Gasteiger partial charge in [-0.3, -0.25) is 4.79 Å². The van der Waals surface area contributed by atoms with Gasteiger partial charge in [0.15, 0.2) is 0 Å². The number of carbonyl (C=O) groups is 1. The molecule has 1 N–H and O–H groups in total. The van der Waals surface area contributed by atoms with Crippen molar-refractivity contribution >= 4 is 11.7 Å². The number of halogens is 1. The lowest BCUT2D eigenvalue weighted by atomic mass is 10.2. The average Bonchev–Trinajstić information content (AvgIpc) is 2.90. The predicted molar refractivity (Wildman–Crippen MR) is 92.5 cm³/mol. The lowest BCUT2D eigenvalue weighted by Gasteiger charge is -2.21. The fourth-order valence-corrected chi connectivity index (χ4v) is 2.93. The summed E-state index contributed by atoms with van der Waals surface area (Å²) in [5.74, 6) is 0.0652. The minimum Gasteiger partial charge on any atom is -0.357 e. The van der Waals surface area contributed by atoms with Crippen LogP contribution >= 0.6 is 0 Å². The fraction of sp³-hybridized carbons (Fsp3) is 0.368. The summed E-state index contributed by atoms with van der Waals surface area (Å²) in [6.07, 6.45) is 6.78. The van der Waals surface area contributed by atoms with Crippen molar-refractivity contribution in [2.75, 3.05) is 18.0 Å². The number of hydrogen-bond donors (Lipinski definition) is 1. The molecule has 0 atom stereocenters. The molecule has 1 aromatic carbocycles. The first-order valence-corrected chi connectivity index (χ1v) is 8.46. The van der Waals surface area contributed by atoms with Crippen LogP contribution in [0.15, 0.2) is 42.6 Å². The molecule has 0 saturated carbocycles. The monoisotopic (exact) mass is 327 g/mol. The normalized spacial score (nSPS) is 15.0. The first-order chi connectivity index (χ1) is 11.7. The molecule has 4 nitrogen and oxygen atoms in total. The molecule has 126 valence electrons. The molecule has 3 rings (SSSR count). The van der Waals surface area contributed by atoms with Crippen LogP contribution in [-0.4, -0.2) is 24.0 Å². The van der Waals surface area contributed by atoms with Crippen LogP contribution in [0, 0.1) is 5.82 Å². The van der Waals surface area contributed by atoms with E-state index in [4.69, 9.17) is 0 Å². The van der Waals surface area contributed by atoms with E-state index in [1.807, 2.05) is 12.1 Å². The Kier molecular flexibility index (Phi) is 5.41. The molecule has 2 aromatic rings. The molecule has 0 aliphatic carbocycles. The quantitative estimate of drug-likeness (QED) is 0.934. The first kappa shape index (κ1) is 16.4. The summed E-state index contributed by atoms with van der Waals surface area (Å²) in [6, 6.07) is 9.94. The molecule has 1 aliphatic heterocycles. The van der Waals surface area contributed by atoms with Crippen molar-refractivity contribution in [1.29, 1.82) is 0 Å². The van der Waals surface area contributed by atoms with E-state index >= 15 is 0 Å². The van der Waals surface area contributed by atoms with Gasteiger partial charge in [-0.25, -0.2) is 9.37 Å². The van der Waals surface area contributed by atoms with Gasteiger partial charge in [0.1, 0.15) is 11.6 Å². The third-order valence-electron chi connectivity index (χ3n) is 4.31. The summed E-state index contributed by atoms with van der Waals surface area (Å²) in [4.78, 5) is 18.8. The molecule has 24 heavy (non-hydrogen) atoms. The number of carbonyl (C=O) groups excluding carboxylic acids is 1. The Morgan fingerprint density at radius 1 is 1.08 bits per heavy atom. The van der Waals surface area contributed by atoms with E-state index in [0.717, 1.165) is 24.5 Å². The van der Waals surface area contributed by atoms with Crippen LogP contribution in [0.4, 0.5) is 10.2 Å².